The van der Waals surface area contributed by atoms with Crippen molar-refractivity contribution in [1.82, 2.24) is 9.78 Å². The molecule has 0 spiro atoms. The predicted octanol–water partition coefficient (Wildman–Crippen LogP) is 1.69. The molecule has 0 fully saturated rings. The number of carbonyl (C=O) groups excluding carboxylic acids is 2. The Morgan fingerprint density at radius 1 is 1.28 bits per heavy atom. The van der Waals surface area contributed by atoms with Crippen molar-refractivity contribution >= 4 is 17.6 Å². The number of nitrogens with one attached hydrogen (secondary N) is 1. The van der Waals surface area contributed by atoms with Gasteiger partial charge in [0.1, 0.15) is 5.56 Å². The van der Waals surface area contributed by atoms with Crippen molar-refractivity contribution in [2.24, 2.45) is 7.05 Å². The predicted molar refractivity (Wildman–Crippen MR) is 88.9 cm³/mol. The Kier molecular flexibility index (Phi) is 4.87. The van der Waals surface area contributed by atoms with Crippen LogP contribution in [-0.2, 0) is 16.6 Å². The van der Waals surface area contributed by atoms with Crippen LogP contribution in [0.3, 0.4) is 0 Å². The number of amides is 1. The highest BCUT2D eigenvalue weighted by Crippen LogP contribution is 2.32. The zero-order valence-corrected chi connectivity index (χ0v) is 14.1. The smallest absolute Gasteiger partial charge is 0.342 e. The van der Waals surface area contributed by atoms with E-state index in [1.54, 1.807) is 36.9 Å². The molecule has 0 aliphatic carbocycles. The molecule has 25 heavy (non-hydrogen) atoms. The SMILES string of the molecule is Cc1c(C(=O)OCC(=O)Nc2ccc3c(c2)OCCCO3)cnn1C. The van der Waals surface area contributed by atoms with Crippen molar-refractivity contribution in [3.05, 3.63) is 35.7 Å². The number of anilines is 1. The summed E-state index contributed by atoms with van der Waals surface area (Å²) in [5.41, 5.74) is 1.56. The molecule has 0 radical (unpaired) electrons. The van der Waals surface area contributed by atoms with E-state index in [1.807, 2.05) is 0 Å². The summed E-state index contributed by atoms with van der Waals surface area (Å²) in [5, 5.41) is 6.64. The van der Waals surface area contributed by atoms with Gasteiger partial charge in [-0.05, 0) is 19.1 Å². The van der Waals surface area contributed by atoms with Gasteiger partial charge in [-0.25, -0.2) is 4.79 Å². The van der Waals surface area contributed by atoms with Crippen LogP contribution in [0, 0.1) is 6.92 Å². The van der Waals surface area contributed by atoms with Crippen LogP contribution in [-0.4, -0.2) is 41.5 Å². The van der Waals surface area contributed by atoms with Crippen molar-refractivity contribution in [3.63, 3.8) is 0 Å². The van der Waals surface area contributed by atoms with E-state index >= 15 is 0 Å². The van der Waals surface area contributed by atoms with Gasteiger partial charge >= 0.3 is 5.97 Å². The summed E-state index contributed by atoms with van der Waals surface area (Å²) in [6.07, 6.45) is 2.22. The number of carbonyl (C=O) groups is 2. The Balaban J connectivity index is 1.57. The highest BCUT2D eigenvalue weighted by Gasteiger charge is 2.16. The van der Waals surface area contributed by atoms with Crippen LogP contribution in [0.25, 0.3) is 0 Å². The molecular weight excluding hydrogens is 326 g/mol. The normalized spacial score (nSPS) is 13.0. The molecule has 0 saturated carbocycles. The van der Waals surface area contributed by atoms with Gasteiger partial charge < -0.3 is 19.5 Å². The van der Waals surface area contributed by atoms with E-state index in [2.05, 4.69) is 10.4 Å². The van der Waals surface area contributed by atoms with Crippen LogP contribution >= 0.6 is 0 Å². The first kappa shape index (κ1) is 16.8. The number of esters is 1. The number of ether oxygens (including phenoxy) is 3. The summed E-state index contributed by atoms with van der Waals surface area (Å²) >= 11 is 0. The van der Waals surface area contributed by atoms with Gasteiger partial charge in [0.2, 0.25) is 0 Å². The maximum absolute atomic E-state index is 12.0. The first-order chi connectivity index (χ1) is 12.0. The molecule has 8 heteroatoms. The van der Waals surface area contributed by atoms with Gasteiger partial charge in [-0.15, -0.1) is 0 Å². The first-order valence-electron chi connectivity index (χ1n) is 7.90. The fraction of sp³-hybridized carbons (Fsp3) is 0.353. The molecule has 0 atom stereocenters. The van der Waals surface area contributed by atoms with Crippen LogP contribution in [0.5, 0.6) is 11.5 Å². The topological polar surface area (TPSA) is 91.7 Å². The summed E-state index contributed by atoms with van der Waals surface area (Å²) < 4.78 is 17.7. The van der Waals surface area contributed by atoms with E-state index in [-0.39, 0.29) is 6.61 Å². The number of hydrogen-bond donors (Lipinski definition) is 1. The Morgan fingerprint density at radius 3 is 2.76 bits per heavy atom. The number of aromatic nitrogens is 2. The first-order valence-corrected chi connectivity index (χ1v) is 7.90. The van der Waals surface area contributed by atoms with E-state index in [4.69, 9.17) is 14.2 Å². The average molecular weight is 345 g/mol. The summed E-state index contributed by atoms with van der Waals surface area (Å²) in [5.74, 6) is 0.205. The lowest BCUT2D eigenvalue weighted by molar-refractivity contribution is -0.119. The van der Waals surface area contributed by atoms with Gasteiger partial charge in [-0.2, -0.15) is 5.10 Å². The average Bonchev–Trinajstić information content (AvgIpc) is 2.80. The summed E-state index contributed by atoms with van der Waals surface area (Å²) in [6, 6.07) is 5.13. The lowest BCUT2D eigenvalue weighted by Gasteiger charge is -2.10. The van der Waals surface area contributed by atoms with E-state index in [1.165, 1.54) is 6.20 Å². The van der Waals surface area contributed by atoms with Gasteiger partial charge in [0.05, 0.1) is 19.4 Å². The van der Waals surface area contributed by atoms with Crippen molar-refractivity contribution in [1.29, 1.82) is 0 Å². The van der Waals surface area contributed by atoms with E-state index < -0.39 is 11.9 Å². The lowest BCUT2D eigenvalue weighted by Crippen LogP contribution is -2.21. The van der Waals surface area contributed by atoms with Gasteiger partial charge in [0.25, 0.3) is 5.91 Å². The third kappa shape index (κ3) is 3.90. The Morgan fingerprint density at radius 2 is 2.04 bits per heavy atom. The Bertz CT molecular complexity index is 800. The monoisotopic (exact) mass is 345 g/mol. The lowest BCUT2D eigenvalue weighted by atomic mass is 10.2. The second-order valence-corrected chi connectivity index (χ2v) is 5.60. The van der Waals surface area contributed by atoms with Crippen molar-refractivity contribution in [3.8, 4) is 11.5 Å². The van der Waals surface area contributed by atoms with Crippen molar-refractivity contribution < 1.29 is 23.8 Å². The highest BCUT2D eigenvalue weighted by atomic mass is 16.5. The van der Waals surface area contributed by atoms with E-state index in [9.17, 15) is 9.59 Å². The second-order valence-electron chi connectivity index (χ2n) is 5.60. The fourth-order valence-corrected chi connectivity index (χ4v) is 2.35. The molecule has 1 aromatic heterocycles. The maximum Gasteiger partial charge on any atom is 0.342 e. The Labute approximate surface area is 144 Å². The van der Waals surface area contributed by atoms with Gasteiger partial charge in [-0.1, -0.05) is 0 Å². The summed E-state index contributed by atoms with van der Waals surface area (Å²) in [6.45, 7) is 2.53. The molecule has 3 rings (SSSR count). The van der Waals surface area contributed by atoms with Crippen LogP contribution in [0.4, 0.5) is 5.69 Å². The largest absolute Gasteiger partial charge is 0.490 e. The molecule has 0 unspecified atom stereocenters. The maximum atomic E-state index is 12.0. The number of benzene rings is 1. The minimum absolute atomic E-state index is 0.339. The highest BCUT2D eigenvalue weighted by molar-refractivity contribution is 5.96. The van der Waals surface area contributed by atoms with Crippen LogP contribution in [0.15, 0.2) is 24.4 Å². The number of fused-ring (bicyclic) bond motifs is 1. The van der Waals surface area contributed by atoms with Gasteiger partial charge in [-0.3, -0.25) is 9.48 Å². The standard InChI is InChI=1S/C17H19N3O5/c1-11-13(9-18-20(11)2)17(22)25-10-16(21)19-12-4-5-14-15(8-12)24-7-3-6-23-14/h4-5,8-9H,3,6-7,10H2,1-2H3,(H,19,21). The summed E-state index contributed by atoms with van der Waals surface area (Å²) in [4.78, 5) is 24.0. The molecule has 1 aliphatic rings. The number of rotatable bonds is 4. The third-order valence-corrected chi connectivity index (χ3v) is 3.82. The molecule has 2 heterocycles. The summed E-state index contributed by atoms with van der Waals surface area (Å²) in [7, 11) is 1.73. The minimum atomic E-state index is -0.584. The van der Waals surface area contributed by atoms with Gasteiger partial charge in [0.15, 0.2) is 18.1 Å². The molecule has 132 valence electrons. The van der Waals surface area contributed by atoms with Gasteiger partial charge in [0, 0.05) is 30.9 Å². The van der Waals surface area contributed by atoms with Crippen LogP contribution < -0.4 is 14.8 Å². The van der Waals surface area contributed by atoms with Crippen molar-refractivity contribution in [2.45, 2.75) is 13.3 Å². The van der Waals surface area contributed by atoms with E-state index in [0.29, 0.717) is 41.7 Å². The quantitative estimate of drug-likeness (QED) is 0.848. The molecule has 8 nitrogen and oxygen atoms in total. The van der Waals surface area contributed by atoms with Crippen molar-refractivity contribution in [2.75, 3.05) is 25.1 Å². The van der Waals surface area contributed by atoms with Crippen LogP contribution in [0.2, 0.25) is 0 Å². The number of aryl methyl sites for hydroxylation is 1. The molecule has 0 saturated heterocycles. The number of hydrogen-bond acceptors (Lipinski definition) is 6. The molecule has 1 N–H and O–H groups in total. The molecule has 2 aromatic rings. The zero-order chi connectivity index (χ0) is 17.8. The molecule has 1 amide bonds. The fourth-order valence-electron chi connectivity index (χ4n) is 2.35. The van der Waals surface area contributed by atoms with Crippen LogP contribution in [0.1, 0.15) is 22.5 Å². The molecular formula is C17H19N3O5. The Hall–Kier alpha value is -3.03. The third-order valence-electron chi connectivity index (χ3n) is 3.82. The number of nitrogens with zero attached hydrogens (tertiary/aromatic N) is 2. The second kappa shape index (κ2) is 7.25. The molecule has 1 aliphatic heterocycles. The molecule has 1 aromatic carbocycles. The van der Waals surface area contributed by atoms with E-state index in [0.717, 1.165) is 6.42 Å². The minimum Gasteiger partial charge on any atom is -0.490 e. The zero-order valence-electron chi connectivity index (χ0n) is 14.1. The molecule has 0 bridgehead atoms.